The summed E-state index contributed by atoms with van der Waals surface area (Å²) >= 11 is 0. The fourth-order valence-corrected chi connectivity index (χ4v) is 7.47. The first-order valence-corrected chi connectivity index (χ1v) is 14.8. The minimum Gasteiger partial charge on any atom is -0.313 e. The molecule has 0 fully saturated rings. The van der Waals surface area contributed by atoms with Gasteiger partial charge in [0.15, 0.2) is 0 Å². The van der Waals surface area contributed by atoms with Crippen LogP contribution >= 0.6 is 0 Å². The summed E-state index contributed by atoms with van der Waals surface area (Å²) in [4.78, 5) is 0. The van der Waals surface area contributed by atoms with Crippen molar-refractivity contribution in [2.24, 2.45) is 0 Å². The molecule has 8 rings (SSSR count). The van der Waals surface area contributed by atoms with Gasteiger partial charge in [0, 0.05) is 33.5 Å². The molecule has 2 heterocycles. The lowest BCUT2D eigenvalue weighted by Crippen LogP contribution is -2.07. The SMILES string of the molecule is CC1=C(c2ccc(-n3c4c(c5ccccc53)CCC=C4)cc2C)CCC(n2c3c(c4ccccc42)CCC=C3)=C1. The Morgan fingerprint density at radius 1 is 0.625 bits per heavy atom. The Bertz CT molecular complexity index is 1960. The van der Waals surface area contributed by atoms with Crippen LogP contribution in [-0.4, -0.2) is 9.13 Å². The number of hydrogen-bond acceptors (Lipinski definition) is 0. The summed E-state index contributed by atoms with van der Waals surface area (Å²) in [5, 5.41) is 2.80. The second-order valence-corrected chi connectivity index (χ2v) is 11.6. The number of benzene rings is 3. The lowest BCUT2D eigenvalue weighted by atomic mass is 9.88. The molecule has 196 valence electrons. The van der Waals surface area contributed by atoms with E-state index in [1.54, 1.807) is 0 Å². The number of allylic oxidation sites excluding steroid dienone is 6. The average Bonchev–Trinajstić information content (AvgIpc) is 3.51. The fourth-order valence-electron chi connectivity index (χ4n) is 7.47. The van der Waals surface area contributed by atoms with Crippen LogP contribution in [-0.2, 0) is 12.8 Å². The summed E-state index contributed by atoms with van der Waals surface area (Å²) in [6, 6.07) is 24.9. The summed E-state index contributed by atoms with van der Waals surface area (Å²) < 4.78 is 5.00. The van der Waals surface area contributed by atoms with Gasteiger partial charge in [-0.2, -0.15) is 0 Å². The minimum atomic E-state index is 1.05. The van der Waals surface area contributed by atoms with Gasteiger partial charge in [0.2, 0.25) is 0 Å². The number of rotatable bonds is 3. The van der Waals surface area contributed by atoms with E-state index >= 15 is 0 Å². The first kappa shape index (κ1) is 23.6. The van der Waals surface area contributed by atoms with Crippen LogP contribution in [0.4, 0.5) is 0 Å². The fraction of sp³-hybridized carbons (Fsp3) is 0.211. The molecule has 0 amide bonds. The first-order chi connectivity index (χ1) is 19.7. The highest BCUT2D eigenvalue weighted by Crippen LogP contribution is 2.41. The Hall–Kier alpha value is -4.30. The van der Waals surface area contributed by atoms with Gasteiger partial charge in [0.25, 0.3) is 0 Å². The molecule has 0 aliphatic heterocycles. The maximum absolute atomic E-state index is 2.53. The van der Waals surface area contributed by atoms with Crippen molar-refractivity contribution in [1.82, 2.24) is 9.13 Å². The highest BCUT2D eigenvalue weighted by molar-refractivity contribution is 5.93. The van der Waals surface area contributed by atoms with E-state index in [1.807, 2.05) is 0 Å². The van der Waals surface area contributed by atoms with Gasteiger partial charge >= 0.3 is 0 Å². The van der Waals surface area contributed by atoms with Crippen LogP contribution in [0.5, 0.6) is 0 Å². The van der Waals surface area contributed by atoms with E-state index in [0.29, 0.717) is 0 Å². The van der Waals surface area contributed by atoms with E-state index in [-0.39, 0.29) is 0 Å². The van der Waals surface area contributed by atoms with Gasteiger partial charge in [-0.25, -0.2) is 0 Å². The zero-order valence-electron chi connectivity index (χ0n) is 23.4. The second kappa shape index (κ2) is 9.13. The Morgan fingerprint density at radius 3 is 1.90 bits per heavy atom. The summed E-state index contributed by atoms with van der Waals surface area (Å²) in [5.74, 6) is 0. The van der Waals surface area contributed by atoms with Crippen LogP contribution in [0.3, 0.4) is 0 Å². The van der Waals surface area contributed by atoms with Crippen molar-refractivity contribution in [1.29, 1.82) is 0 Å². The third-order valence-electron chi connectivity index (χ3n) is 9.28. The van der Waals surface area contributed by atoms with Gasteiger partial charge in [-0.3, -0.25) is 0 Å². The van der Waals surface area contributed by atoms with Crippen LogP contribution in [0, 0.1) is 6.92 Å². The Kier molecular flexibility index (Phi) is 5.38. The number of nitrogens with zero attached hydrogens (tertiary/aromatic N) is 2. The number of aromatic nitrogens is 2. The van der Waals surface area contributed by atoms with Crippen LogP contribution < -0.4 is 0 Å². The van der Waals surface area contributed by atoms with Crippen molar-refractivity contribution in [2.45, 2.75) is 52.4 Å². The Labute approximate surface area is 236 Å². The molecule has 0 saturated carbocycles. The van der Waals surface area contributed by atoms with Gasteiger partial charge in [-0.05, 0) is 128 Å². The maximum Gasteiger partial charge on any atom is 0.0537 e. The molecule has 0 bridgehead atoms. The predicted octanol–water partition coefficient (Wildman–Crippen LogP) is 9.92. The normalized spacial score (nSPS) is 16.5. The molecule has 2 aromatic heterocycles. The van der Waals surface area contributed by atoms with Crippen molar-refractivity contribution in [2.75, 3.05) is 0 Å². The zero-order chi connectivity index (χ0) is 26.8. The second-order valence-electron chi connectivity index (χ2n) is 11.6. The molecule has 2 nitrogen and oxygen atoms in total. The highest BCUT2D eigenvalue weighted by atomic mass is 15.0. The quantitative estimate of drug-likeness (QED) is 0.225. The van der Waals surface area contributed by atoms with Crippen molar-refractivity contribution in [3.8, 4) is 5.69 Å². The van der Waals surface area contributed by atoms with E-state index in [4.69, 9.17) is 0 Å². The van der Waals surface area contributed by atoms with E-state index in [1.165, 1.54) is 78.0 Å². The van der Waals surface area contributed by atoms with E-state index in [2.05, 4.69) is 120 Å². The Morgan fingerprint density at radius 2 is 1.25 bits per heavy atom. The lowest BCUT2D eigenvalue weighted by Gasteiger charge is -2.23. The van der Waals surface area contributed by atoms with Crippen LogP contribution in [0.15, 0.2) is 90.5 Å². The smallest absolute Gasteiger partial charge is 0.0537 e. The average molecular weight is 519 g/mol. The molecular formula is C38H34N2. The molecule has 40 heavy (non-hydrogen) atoms. The lowest BCUT2D eigenvalue weighted by molar-refractivity contribution is 0.928. The molecular weight excluding hydrogens is 484 g/mol. The van der Waals surface area contributed by atoms with Crippen LogP contribution in [0.25, 0.3) is 50.9 Å². The minimum absolute atomic E-state index is 1.05. The molecule has 0 unspecified atom stereocenters. The summed E-state index contributed by atoms with van der Waals surface area (Å²) in [6.07, 6.45) is 18.4. The molecule has 3 aromatic carbocycles. The molecule has 0 N–H and O–H groups in total. The standard InChI is InChI=1S/C38H34N2/c1-25-23-27(39-35-15-7-3-11-31(35)32-12-4-8-16-36(32)39)19-21-29(25)30-22-20-28(24-26(30)2)40-37-17-9-5-13-33(37)34-14-6-10-18-38(34)40/h3,5,7-11,13,15-19,21,23-24H,4,6,12,14,20,22H2,1-2H3. The van der Waals surface area contributed by atoms with Gasteiger partial charge in [-0.1, -0.05) is 54.6 Å². The third kappa shape index (κ3) is 3.48. The molecule has 2 heteroatoms. The maximum atomic E-state index is 2.53. The molecule has 0 saturated heterocycles. The Balaban J connectivity index is 1.21. The summed E-state index contributed by atoms with van der Waals surface area (Å²) in [5.41, 5.74) is 16.6. The van der Waals surface area contributed by atoms with Crippen molar-refractivity contribution >= 4 is 45.2 Å². The number of aryl methyl sites for hydroxylation is 3. The summed E-state index contributed by atoms with van der Waals surface area (Å²) in [7, 11) is 0. The van der Waals surface area contributed by atoms with Gasteiger partial charge in [-0.15, -0.1) is 0 Å². The number of fused-ring (bicyclic) bond motifs is 6. The molecule has 3 aliphatic carbocycles. The summed E-state index contributed by atoms with van der Waals surface area (Å²) in [6.45, 7) is 4.59. The van der Waals surface area contributed by atoms with E-state index < -0.39 is 0 Å². The highest BCUT2D eigenvalue weighted by Gasteiger charge is 2.23. The molecule has 0 spiro atoms. The first-order valence-electron chi connectivity index (χ1n) is 14.8. The molecule has 0 atom stereocenters. The largest absolute Gasteiger partial charge is 0.313 e. The van der Waals surface area contributed by atoms with Crippen molar-refractivity contribution < 1.29 is 0 Å². The molecule has 5 aromatic rings. The topological polar surface area (TPSA) is 9.86 Å². The molecule has 0 radical (unpaired) electrons. The van der Waals surface area contributed by atoms with E-state index in [0.717, 1.165) is 38.5 Å². The zero-order valence-corrected chi connectivity index (χ0v) is 23.4. The van der Waals surface area contributed by atoms with E-state index in [9.17, 15) is 0 Å². The monoisotopic (exact) mass is 518 g/mol. The van der Waals surface area contributed by atoms with Gasteiger partial charge in [0.1, 0.15) is 0 Å². The third-order valence-corrected chi connectivity index (χ3v) is 9.28. The molecule has 3 aliphatic rings. The van der Waals surface area contributed by atoms with Crippen LogP contribution in [0.1, 0.15) is 66.2 Å². The predicted molar refractivity (Wildman–Crippen MR) is 171 cm³/mol. The van der Waals surface area contributed by atoms with Crippen LogP contribution in [0.2, 0.25) is 0 Å². The number of hydrogen-bond donors (Lipinski definition) is 0. The van der Waals surface area contributed by atoms with Crippen molar-refractivity contribution in [3.63, 3.8) is 0 Å². The van der Waals surface area contributed by atoms with Gasteiger partial charge in [0.05, 0.1) is 11.0 Å². The van der Waals surface area contributed by atoms with Crippen molar-refractivity contribution in [3.05, 3.63) is 124 Å². The number of para-hydroxylation sites is 2. The van der Waals surface area contributed by atoms with Gasteiger partial charge < -0.3 is 9.13 Å².